The van der Waals surface area contributed by atoms with Crippen molar-refractivity contribution in [2.75, 3.05) is 50.0 Å². The highest BCUT2D eigenvalue weighted by Crippen LogP contribution is 2.40. The van der Waals surface area contributed by atoms with Crippen LogP contribution in [0.25, 0.3) is 0 Å². The summed E-state index contributed by atoms with van der Waals surface area (Å²) in [4.78, 5) is 63.1. The Morgan fingerprint density at radius 2 is 1.97 bits per heavy atom. The third kappa shape index (κ3) is 5.51. The molecule has 15 heteroatoms. The first-order valence-electron chi connectivity index (χ1n) is 11.3. The molecular weight excluding hydrogens is 513 g/mol. The first-order chi connectivity index (χ1) is 17.6. The number of hydrogen-bond donors (Lipinski definition) is 2. The van der Waals surface area contributed by atoms with Crippen molar-refractivity contribution < 1.29 is 38.3 Å². The number of fused-ring (bicyclic) bond motifs is 1. The number of hydrogen-bond acceptors (Lipinski definition) is 10. The normalized spacial score (nSPS) is 21.7. The summed E-state index contributed by atoms with van der Waals surface area (Å²) in [6.45, 7) is 2.62. The topological polar surface area (TPSA) is 163 Å². The molecule has 3 aliphatic rings. The van der Waals surface area contributed by atoms with Crippen molar-refractivity contribution in [3.8, 4) is 0 Å². The van der Waals surface area contributed by atoms with Crippen LogP contribution in [0.4, 0.5) is 15.8 Å². The Labute approximate surface area is 214 Å². The predicted octanol–water partition coefficient (Wildman–Crippen LogP) is 0.158. The number of benzene rings is 1. The highest BCUT2D eigenvalue weighted by molar-refractivity contribution is 8.00. The summed E-state index contributed by atoms with van der Waals surface area (Å²) in [5.41, 5.74) is 0.00224. The summed E-state index contributed by atoms with van der Waals surface area (Å²) in [5, 5.41) is 22.5. The Hall–Kier alpha value is -3.72. The van der Waals surface area contributed by atoms with Gasteiger partial charge in [0.15, 0.2) is 5.82 Å². The van der Waals surface area contributed by atoms with Gasteiger partial charge in [0.1, 0.15) is 23.7 Å². The Kier molecular flexibility index (Phi) is 7.63. The fraction of sp³-hybridized carbons (Fsp3) is 0.455. The van der Waals surface area contributed by atoms with E-state index in [1.54, 1.807) is 4.90 Å². The fourth-order valence-electron chi connectivity index (χ4n) is 4.42. The van der Waals surface area contributed by atoms with E-state index in [0.717, 1.165) is 11.0 Å². The van der Waals surface area contributed by atoms with Crippen LogP contribution in [0.3, 0.4) is 0 Å². The number of ether oxygens (including phenoxy) is 1. The summed E-state index contributed by atoms with van der Waals surface area (Å²) in [6.07, 6.45) is 0. The zero-order valence-electron chi connectivity index (χ0n) is 19.7. The molecule has 0 bridgehead atoms. The van der Waals surface area contributed by atoms with Gasteiger partial charge in [0.25, 0.3) is 11.6 Å². The van der Waals surface area contributed by atoms with Crippen LogP contribution in [0.5, 0.6) is 0 Å². The third-order valence-electron chi connectivity index (χ3n) is 6.24. The van der Waals surface area contributed by atoms with Gasteiger partial charge in [-0.05, 0) is 6.07 Å². The highest BCUT2D eigenvalue weighted by atomic mass is 32.2. The van der Waals surface area contributed by atoms with Gasteiger partial charge < -0.3 is 20.1 Å². The Morgan fingerprint density at radius 3 is 2.57 bits per heavy atom. The maximum Gasteiger partial charge on any atom is 0.352 e. The first kappa shape index (κ1) is 26.3. The highest BCUT2D eigenvalue weighted by Gasteiger charge is 2.54. The Bertz CT molecular complexity index is 1190. The second-order valence-electron chi connectivity index (χ2n) is 8.65. The number of nitro benzene ring substituents is 1. The van der Waals surface area contributed by atoms with Gasteiger partial charge in [-0.3, -0.25) is 34.3 Å². The number of carbonyl (C=O) groups excluding carboxylic acids is 3. The summed E-state index contributed by atoms with van der Waals surface area (Å²) in [5.74, 6) is -3.29. The second-order valence-corrected chi connectivity index (χ2v) is 9.75. The van der Waals surface area contributed by atoms with Crippen LogP contribution < -0.4 is 10.2 Å². The van der Waals surface area contributed by atoms with Crippen molar-refractivity contribution >= 4 is 46.9 Å². The van der Waals surface area contributed by atoms with Crippen LogP contribution in [0.15, 0.2) is 29.5 Å². The van der Waals surface area contributed by atoms with Gasteiger partial charge in [-0.2, -0.15) is 0 Å². The van der Waals surface area contributed by atoms with Gasteiger partial charge in [0.2, 0.25) is 5.91 Å². The number of carboxylic acids is 1. The second kappa shape index (κ2) is 10.7. The fourth-order valence-corrected chi connectivity index (χ4v) is 5.75. The lowest BCUT2D eigenvalue weighted by Crippen LogP contribution is -2.71. The van der Waals surface area contributed by atoms with Gasteiger partial charge in [-0.25, -0.2) is 9.18 Å². The number of β-lactam (4-membered cyclic amide) rings is 1. The molecule has 2 atom stereocenters. The molecule has 0 aliphatic carbocycles. The van der Waals surface area contributed by atoms with E-state index in [2.05, 4.69) is 5.32 Å². The van der Waals surface area contributed by atoms with E-state index in [1.807, 2.05) is 4.90 Å². The number of carbonyl (C=O) groups is 4. The molecule has 0 spiro atoms. The number of nitrogens with one attached hydrogen (secondary N) is 1. The van der Waals surface area contributed by atoms with E-state index < -0.39 is 45.9 Å². The maximum absolute atomic E-state index is 14.3. The number of thioether (sulfide) groups is 1. The maximum atomic E-state index is 14.3. The van der Waals surface area contributed by atoms with Crippen LogP contribution in [-0.2, 0) is 23.9 Å². The van der Waals surface area contributed by atoms with E-state index in [9.17, 15) is 38.8 Å². The molecule has 2 fully saturated rings. The Balaban J connectivity index is 1.30. The quantitative estimate of drug-likeness (QED) is 0.201. The standard InChI is InChI=1S/C22H24FN5O8S/c1-12(29)36-10-13-11-37-21-18(20(31)27(21)19(13)22(32)33)24-17(30)9-25-4-6-26(7-5-25)16-3-2-14(28(34)35)8-15(16)23/h2-3,8,18,21H,4-7,9-11H2,1H3,(H,24,30)(H,32,33)/t18-,21-/m1/s1. The van der Waals surface area contributed by atoms with Crippen LogP contribution in [0.1, 0.15) is 6.92 Å². The van der Waals surface area contributed by atoms with Crippen LogP contribution >= 0.6 is 11.8 Å². The SMILES string of the molecule is CC(=O)OCC1=C(C(=O)O)N2C(=O)[C@@H](NC(=O)CN3CCN(c4ccc([N+](=O)[O-])cc4F)CC3)[C@H]2SC1. The number of non-ortho nitro benzene ring substituents is 1. The predicted molar refractivity (Wildman–Crippen MR) is 128 cm³/mol. The number of halogens is 1. The summed E-state index contributed by atoms with van der Waals surface area (Å²) >= 11 is 1.28. The van der Waals surface area contributed by atoms with Crippen molar-refractivity contribution in [2.45, 2.75) is 18.3 Å². The van der Waals surface area contributed by atoms with E-state index in [-0.39, 0.29) is 36.0 Å². The molecule has 2 saturated heterocycles. The number of nitrogens with zero attached hydrogens (tertiary/aromatic N) is 4. The molecule has 3 heterocycles. The number of piperazine rings is 1. The minimum Gasteiger partial charge on any atom is -0.477 e. The summed E-state index contributed by atoms with van der Waals surface area (Å²) in [7, 11) is 0. The molecule has 37 heavy (non-hydrogen) atoms. The number of carboxylic acid groups (broad SMARTS) is 1. The molecule has 198 valence electrons. The number of rotatable bonds is 8. The largest absolute Gasteiger partial charge is 0.477 e. The molecule has 2 amide bonds. The third-order valence-corrected chi connectivity index (χ3v) is 7.58. The molecule has 13 nitrogen and oxygen atoms in total. The van der Waals surface area contributed by atoms with Crippen molar-refractivity contribution in [2.24, 2.45) is 0 Å². The van der Waals surface area contributed by atoms with E-state index in [0.29, 0.717) is 31.8 Å². The van der Waals surface area contributed by atoms with Crippen molar-refractivity contribution in [1.82, 2.24) is 15.1 Å². The van der Waals surface area contributed by atoms with Crippen LogP contribution in [0, 0.1) is 15.9 Å². The molecule has 2 N–H and O–H groups in total. The molecule has 1 aromatic rings. The molecule has 1 aromatic carbocycles. The summed E-state index contributed by atoms with van der Waals surface area (Å²) in [6, 6.07) is 2.60. The minimum absolute atomic E-state index is 0.00290. The molecular formula is C22H24FN5O8S. The van der Waals surface area contributed by atoms with Crippen molar-refractivity contribution in [3.05, 3.63) is 45.4 Å². The minimum atomic E-state index is -1.31. The molecule has 3 aliphatic heterocycles. The van der Waals surface area contributed by atoms with Gasteiger partial charge in [-0.15, -0.1) is 11.8 Å². The first-order valence-corrected chi connectivity index (χ1v) is 12.4. The lowest BCUT2D eigenvalue weighted by atomic mass is 10.0. The van der Waals surface area contributed by atoms with Gasteiger partial charge in [0, 0.05) is 50.5 Å². The lowest BCUT2D eigenvalue weighted by molar-refractivity contribution is -0.385. The molecule has 0 unspecified atom stereocenters. The van der Waals surface area contributed by atoms with Crippen LogP contribution in [0.2, 0.25) is 0 Å². The van der Waals surface area contributed by atoms with Crippen molar-refractivity contribution in [3.63, 3.8) is 0 Å². The van der Waals surface area contributed by atoms with Gasteiger partial charge in [0.05, 0.1) is 23.2 Å². The zero-order chi connectivity index (χ0) is 26.9. The van der Waals surface area contributed by atoms with Crippen molar-refractivity contribution in [1.29, 1.82) is 0 Å². The van der Waals surface area contributed by atoms with Gasteiger partial charge >= 0.3 is 11.9 Å². The number of nitro groups is 1. The molecule has 0 radical (unpaired) electrons. The van der Waals surface area contributed by atoms with E-state index in [4.69, 9.17) is 4.74 Å². The monoisotopic (exact) mass is 537 g/mol. The number of amides is 2. The smallest absolute Gasteiger partial charge is 0.352 e. The van der Waals surface area contributed by atoms with E-state index in [1.165, 1.54) is 30.8 Å². The number of aliphatic carboxylic acids is 1. The summed E-state index contributed by atoms with van der Waals surface area (Å²) < 4.78 is 19.2. The molecule has 0 aromatic heterocycles. The van der Waals surface area contributed by atoms with Crippen LogP contribution in [-0.4, -0.2) is 100 Å². The average molecular weight is 538 g/mol. The Morgan fingerprint density at radius 1 is 1.27 bits per heavy atom. The average Bonchev–Trinajstić information content (AvgIpc) is 2.85. The molecule has 0 saturated carbocycles. The lowest BCUT2D eigenvalue weighted by Gasteiger charge is -2.49. The zero-order valence-corrected chi connectivity index (χ0v) is 20.5. The van der Waals surface area contributed by atoms with Gasteiger partial charge in [-0.1, -0.05) is 0 Å². The number of esters is 1. The van der Waals surface area contributed by atoms with E-state index >= 15 is 0 Å². The number of anilines is 1. The molecule has 4 rings (SSSR count).